The Kier molecular flexibility index (Phi) is 6.29. The first kappa shape index (κ1) is 21.2. The highest BCUT2D eigenvalue weighted by Gasteiger charge is 2.29. The zero-order valence-corrected chi connectivity index (χ0v) is 19.5. The zero-order chi connectivity index (χ0) is 21.9. The van der Waals surface area contributed by atoms with Gasteiger partial charge in [0.25, 0.3) is 5.91 Å². The average molecular weight is 460 g/mol. The van der Waals surface area contributed by atoms with Crippen molar-refractivity contribution in [2.75, 3.05) is 0 Å². The summed E-state index contributed by atoms with van der Waals surface area (Å²) >= 11 is 8.22. The van der Waals surface area contributed by atoms with Gasteiger partial charge in [0.1, 0.15) is 4.88 Å². The summed E-state index contributed by atoms with van der Waals surface area (Å²) in [5.41, 5.74) is 3.53. The van der Waals surface area contributed by atoms with E-state index in [0.29, 0.717) is 16.4 Å². The minimum Gasteiger partial charge on any atom is -0.331 e. The van der Waals surface area contributed by atoms with Crippen molar-refractivity contribution < 1.29 is 4.79 Å². The fraction of sp³-hybridized carbons (Fsp3) is 0.250. The molecule has 0 bridgehead atoms. The van der Waals surface area contributed by atoms with Crippen LogP contribution in [0.25, 0.3) is 21.2 Å². The Morgan fingerprint density at radius 2 is 1.59 bits per heavy atom. The van der Waals surface area contributed by atoms with Crippen LogP contribution in [0.15, 0.2) is 78.9 Å². The van der Waals surface area contributed by atoms with Crippen molar-refractivity contribution in [2.45, 2.75) is 44.7 Å². The first-order valence-electron chi connectivity index (χ1n) is 11.3. The number of halogens is 1. The molecule has 1 aliphatic rings. The molecule has 5 rings (SSSR count). The topological polar surface area (TPSA) is 20.3 Å². The monoisotopic (exact) mass is 459 g/mol. The second-order valence-electron chi connectivity index (χ2n) is 8.53. The van der Waals surface area contributed by atoms with Crippen molar-refractivity contribution >= 4 is 38.9 Å². The molecule has 0 spiro atoms. The van der Waals surface area contributed by atoms with E-state index in [2.05, 4.69) is 53.4 Å². The van der Waals surface area contributed by atoms with E-state index in [4.69, 9.17) is 11.6 Å². The molecule has 0 radical (unpaired) electrons. The summed E-state index contributed by atoms with van der Waals surface area (Å²) in [7, 11) is 0. The number of rotatable bonds is 5. The van der Waals surface area contributed by atoms with E-state index in [0.717, 1.165) is 28.5 Å². The lowest BCUT2D eigenvalue weighted by molar-refractivity contribution is 0.0619. The molecule has 162 valence electrons. The molecule has 1 heterocycles. The lowest BCUT2D eigenvalue weighted by atomic mass is 9.93. The Labute approximate surface area is 198 Å². The van der Waals surface area contributed by atoms with Crippen molar-refractivity contribution in [3.8, 4) is 11.1 Å². The minimum absolute atomic E-state index is 0.0632. The summed E-state index contributed by atoms with van der Waals surface area (Å²) in [6.45, 7) is 0.606. The van der Waals surface area contributed by atoms with Gasteiger partial charge in [0, 0.05) is 22.7 Å². The first-order chi connectivity index (χ1) is 15.7. The Hall–Kier alpha value is -2.62. The van der Waals surface area contributed by atoms with Crippen LogP contribution in [0.5, 0.6) is 0 Å². The molecule has 1 aliphatic carbocycles. The summed E-state index contributed by atoms with van der Waals surface area (Å²) in [6.07, 6.45) is 5.74. The van der Waals surface area contributed by atoms with Crippen LogP contribution in [0.4, 0.5) is 0 Å². The summed E-state index contributed by atoms with van der Waals surface area (Å²) in [4.78, 5) is 16.6. The van der Waals surface area contributed by atoms with Gasteiger partial charge in [-0.15, -0.1) is 11.3 Å². The molecule has 1 aromatic heterocycles. The third-order valence-corrected chi connectivity index (χ3v) is 8.06. The number of carbonyl (C=O) groups excluding carboxylic acids is 1. The molecule has 3 aromatic carbocycles. The van der Waals surface area contributed by atoms with E-state index in [1.54, 1.807) is 0 Å². The van der Waals surface area contributed by atoms with E-state index in [9.17, 15) is 4.79 Å². The summed E-state index contributed by atoms with van der Waals surface area (Å²) in [5, 5.41) is 1.56. The number of hydrogen-bond donors (Lipinski definition) is 0. The summed E-state index contributed by atoms with van der Waals surface area (Å²) < 4.78 is 1.07. The standard InChI is InChI=1S/C28H26ClNOS/c29-26-24-16-7-8-17-25(24)32-27(26)28(31)30(23-14-5-2-6-15-23)19-20-10-9-13-22(18-20)21-11-3-1-4-12-21/h1,3-4,7-13,16-18,23H,2,5-6,14-15,19H2. The largest absolute Gasteiger partial charge is 0.331 e. The van der Waals surface area contributed by atoms with Gasteiger partial charge in [-0.25, -0.2) is 0 Å². The predicted molar refractivity (Wildman–Crippen MR) is 135 cm³/mol. The van der Waals surface area contributed by atoms with Gasteiger partial charge in [-0.1, -0.05) is 97.6 Å². The number of nitrogens with zero attached hydrogens (tertiary/aromatic N) is 1. The SMILES string of the molecule is O=C(c1sc2ccccc2c1Cl)N(Cc1cccc(-c2ccccc2)c1)C1CCCCC1. The smallest absolute Gasteiger partial charge is 0.266 e. The maximum absolute atomic E-state index is 13.8. The van der Waals surface area contributed by atoms with Crippen LogP contribution >= 0.6 is 22.9 Å². The molecule has 0 N–H and O–H groups in total. The van der Waals surface area contributed by atoms with Crippen molar-refractivity contribution in [3.63, 3.8) is 0 Å². The van der Waals surface area contributed by atoms with Crippen molar-refractivity contribution in [2.24, 2.45) is 0 Å². The number of thiophene rings is 1. The second kappa shape index (κ2) is 9.48. The van der Waals surface area contributed by atoms with Crippen LogP contribution in [0.3, 0.4) is 0 Å². The molecule has 0 aliphatic heterocycles. The average Bonchev–Trinajstić information content (AvgIpc) is 3.20. The Morgan fingerprint density at radius 1 is 0.875 bits per heavy atom. The third-order valence-electron chi connectivity index (χ3n) is 6.39. The van der Waals surface area contributed by atoms with Gasteiger partial charge in [-0.2, -0.15) is 0 Å². The number of carbonyl (C=O) groups is 1. The van der Waals surface area contributed by atoms with E-state index in [1.165, 1.54) is 41.7 Å². The normalized spacial score (nSPS) is 14.5. The van der Waals surface area contributed by atoms with Gasteiger partial charge in [-0.3, -0.25) is 4.79 Å². The lowest BCUT2D eigenvalue weighted by Gasteiger charge is -2.34. The highest BCUT2D eigenvalue weighted by Crippen LogP contribution is 2.37. The lowest BCUT2D eigenvalue weighted by Crippen LogP contribution is -2.40. The van der Waals surface area contributed by atoms with Gasteiger partial charge in [0.15, 0.2) is 0 Å². The molecule has 0 unspecified atom stereocenters. The first-order valence-corrected chi connectivity index (χ1v) is 12.5. The number of benzene rings is 3. The molecule has 4 heteroatoms. The molecule has 2 nitrogen and oxygen atoms in total. The molecular weight excluding hydrogens is 434 g/mol. The van der Waals surface area contributed by atoms with Crippen LogP contribution in [-0.4, -0.2) is 16.8 Å². The van der Waals surface area contributed by atoms with Crippen LogP contribution in [-0.2, 0) is 6.54 Å². The summed E-state index contributed by atoms with van der Waals surface area (Å²) in [6, 6.07) is 27.2. The molecule has 0 saturated heterocycles. The molecule has 1 fully saturated rings. The van der Waals surface area contributed by atoms with E-state index in [-0.39, 0.29) is 11.9 Å². The van der Waals surface area contributed by atoms with Crippen LogP contribution in [0.1, 0.15) is 47.3 Å². The van der Waals surface area contributed by atoms with E-state index < -0.39 is 0 Å². The van der Waals surface area contributed by atoms with Crippen molar-refractivity contribution in [3.05, 3.63) is 94.3 Å². The van der Waals surface area contributed by atoms with Gasteiger partial charge in [0.05, 0.1) is 5.02 Å². The summed E-state index contributed by atoms with van der Waals surface area (Å²) in [5.74, 6) is 0.0632. The highest BCUT2D eigenvalue weighted by atomic mass is 35.5. The van der Waals surface area contributed by atoms with Gasteiger partial charge >= 0.3 is 0 Å². The quantitative estimate of drug-likeness (QED) is 0.294. The van der Waals surface area contributed by atoms with Gasteiger partial charge in [-0.05, 0) is 41.7 Å². The van der Waals surface area contributed by atoms with Crippen LogP contribution in [0.2, 0.25) is 5.02 Å². The fourth-order valence-electron chi connectivity index (χ4n) is 4.72. The highest BCUT2D eigenvalue weighted by molar-refractivity contribution is 7.21. The molecular formula is C28H26ClNOS. The van der Waals surface area contributed by atoms with Gasteiger partial charge < -0.3 is 4.90 Å². The number of amides is 1. The van der Waals surface area contributed by atoms with Crippen molar-refractivity contribution in [1.82, 2.24) is 4.90 Å². The molecule has 1 saturated carbocycles. The molecule has 0 atom stereocenters. The van der Waals surface area contributed by atoms with E-state index >= 15 is 0 Å². The Balaban J connectivity index is 1.49. The maximum atomic E-state index is 13.8. The van der Waals surface area contributed by atoms with Gasteiger partial charge in [0.2, 0.25) is 0 Å². The Morgan fingerprint density at radius 3 is 2.38 bits per heavy atom. The van der Waals surface area contributed by atoms with Crippen LogP contribution < -0.4 is 0 Å². The fourth-order valence-corrected chi connectivity index (χ4v) is 6.19. The molecule has 1 amide bonds. The zero-order valence-electron chi connectivity index (χ0n) is 18.0. The molecule has 32 heavy (non-hydrogen) atoms. The van der Waals surface area contributed by atoms with E-state index in [1.807, 2.05) is 30.3 Å². The molecule has 4 aromatic rings. The Bertz CT molecular complexity index is 1230. The number of hydrogen-bond acceptors (Lipinski definition) is 2. The maximum Gasteiger partial charge on any atom is 0.266 e. The van der Waals surface area contributed by atoms with Crippen molar-refractivity contribution in [1.29, 1.82) is 0 Å². The predicted octanol–water partition coefficient (Wildman–Crippen LogP) is 8.20. The minimum atomic E-state index is 0.0632. The third kappa shape index (κ3) is 4.32. The van der Waals surface area contributed by atoms with Crippen LogP contribution in [0, 0.1) is 0 Å². The number of fused-ring (bicyclic) bond motifs is 1. The second-order valence-corrected chi connectivity index (χ2v) is 9.96.